The first-order valence-corrected chi connectivity index (χ1v) is 6.38. The predicted octanol–water partition coefficient (Wildman–Crippen LogP) is 1.35. The quantitative estimate of drug-likeness (QED) is 0.903. The molecule has 1 unspecified atom stereocenters. The highest BCUT2D eigenvalue weighted by atomic mass is 16.5. The zero-order chi connectivity index (χ0) is 14.1. The minimum absolute atomic E-state index is 0.353. The molecule has 1 atom stereocenters. The average Bonchev–Trinajstić information content (AvgIpc) is 3.07. The lowest BCUT2D eigenvalue weighted by atomic mass is 10.1. The van der Waals surface area contributed by atoms with Crippen LogP contribution in [0, 0.1) is 12.8 Å². The van der Waals surface area contributed by atoms with Crippen molar-refractivity contribution in [2.24, 2.45) is 5.92 Å². The molecule has 1 saturated heterocycles. The molecule has 0 aromatic carbocycles. The van der Waals surface area contributed by atoms with Crippen LogP contribution in [0.15, 0.2) is 22.9 Å². The van der Waals surface area contributed by atoms with Crippen molar-refractivity contribution in [2.45, 2.75) is 13.3 Å². The summed E-state index contributed by atoms with van der Waals surface area (Å²) in [5.41, 5.74) is 0.735. The third-order valence-electron chi connectivity index (χ3n) is 3.38. The fourth-order valence-electron chi connectivity index (χ4n) is 2.38. The van der Waals surface area contributed by atoms with Crippen molar-refractivity contribution < 1.29 is 14.4 Å². The number of hydrogen-bond acceptors (Lipinski definition) is 6. The number of aryl methyl sites for hydroxylation is 1. The number of anilines is 1. The van der Waals surface area contributed by atoms with Crippen molar-refractivity contribution in [3.8, 4) is 11.5 Å². The van der Waals surface area contributed by atoms with Gasteiger partial charge >= 0.3 is 5.97 Å². The maximum absolute atomic E-state index is 11.0. The van der Waals surface area contributed by atoms with E-state index in [1.165, 1.54) is 0 Å². The molecule has 0 amide bonds. The Kier molecular flexibility index (Phi) is 3.09. The zero-order valence-electron chi connectivity index (χ0n) is 11.0. The summed E-state index contributed by atoms with van der Waals surface area (Å²) in [6.07, 6.45) is 2.30. The molecular weight excluding hydrogens is 260 g/mol. The van der Waals surface area contributed by atoms with E-state index < -0.39 is 5.97 Å². The van der Waals surface area contributed by atoms with Gasteiger partial charge in [-0.05, 0) is 25.5 Å². The molecule has 2 aromatic rings. The highest BCUT2D eigenvalue weighted by Gasteiger charge is 2.30. The minimum Gasteiger partial charge on any atom is -0.481 e. The van der Waals surface area contributed by atoms with Crippen LogP contribution in [0.5, 0.6) is 0 Å². The second-order valence-corrected chi connectivity index (χ2v) is 4.79. The lowest BCUT2D eigenvalue weighted by molar-refractivity contribution is -0.140. The smallest absolute Gasteiger partial charge is 0.308 e. The molecule has 0 aliphatic carbocycles. The van der Waals surface area contributed by atoms with E-state index in [-0.39, 0.29) is 5.92 Å². The molecule has 3 rings (SSSR count). The molecule has 3 heterocycles. The predicted molar refractivity (Wildman–Crippen MR) is 70.2 cm³/mol. The summed E-state index contributed by atoms with van der Waals surface area (Å²) in [5, 5.41) is 12.9. The van der Waals surface area contributed by atoms with Gasteiger partial charge in [0.25, 0.3) is 5.89 Å². The van der Waals surface area contributed by atoms with Gasteiger partial charge in [-0.1, -0.05) is 5.16 Å². The van der Waals surface area contributed by atoms with Gasteiger partial charge in [0.1, 0.15) is 5.82 Å². The van der Waals surface area contributed by atoms with E-state index in [4.69, 9.17) is 9.63 Å². The standard InChI is InChI=1S/C13H14N4O3/c1-8-15-12(20-16-8)10-3-2-5-14-11(10)17-6-4-9(7-17)13(18)19/h2-3,5,9H,4,6-7H2,1H3,(H,18,19). The Morgan fingerprint density at radius 2 is 2.40 bits per heavy atom. The minimum atomic E-state index is -0.765. The van der Waals surface area contributed by atoms with Crippen molar-refractivity contribution in [1.29, 1.82) is 0 Å². The Labute approximate surface area is 115 Å². The first-order chi connectivity index (χ1) is 9.65. The SMILES string of the molecule is Cc1noc(-c2cccnc2N2CCC(C(=O)O)C2)n1. The number of rotatable bonds is 3. The number of nitrogens with zero attached hydrogens (tertiary/aromatic N) is 4. The molecule has 1 N–H and O–H groups in total. The van der Waals surface area contributed by atoms with Crippen molar-refractivity contribution in [1.82, 2.24) is 15.1 Å². The molecule has 0 spiro atoms. The number of pyridine rings is 1. The fourth-order valence-corrected chi connectivity index (χ4v) is 2.38. The van der Waals surface area contributed by atoms with Crippen molar-refractivity contribution in [2.75, 3.05) is 18.0 Å². The number of aromatic nitrogens is 3. The van der Waals surface area contributed by atoms with Crippen LogP contribution < -0.4 is 4.90 Å². The molecule has 104 valence electrons. The zero-order valence-corrected chi connectivity index (χ0v) is 11.0. The number of carbonyl (C=O) groups is 1. The highest BCUT2D eigenvalue weighted by Crippen LogP contribution is 2.31. The highest BCUT2D eigenvalue weighted by molar-refractivity contribution is 5.74. The largest absolute Gasteiger partial charge is 0.481 e. The van der Waals surface area contributed by atoms with Crippen LogP contribution in [0.3, 0.4) is 0 Å². The summed E-state index contributed by atoms with van der Waals surface area (Å²) in [6.45, 7) is 2.86. The third kappa shape index (κ3) is 2.22. The number of aliphatic carboxylic acids is 1. The van der Waals surface area contributed by atoms with Gasteiger partial charge in [0.05, 0.1) is 11.5 Å². The Balaban J connectivity index is 1.93. The number of hydrogen-bond donors (Lipinski definition) is 1. The van der Waals surface area contributed by atoms with Crippen LogP contribution in [-0.2, 0) is 4.79 Å². The van der Waals surface area contributed by atoms with Crippen LogP contribution in [0.2, 0.25) is 0 Å². The Bertz CT molecular complexity index is 640. The van der Waals surface area contributed by atoms with Gasteiger partial charge in [0.2, 0.25) is 0 Å². The maximum atomic E-state index is 11.0. The first-order valence-electron chi connectivity index (χ1n) is 6.38. The molecule has 0 bridgehead atoms. The summed E-state index contributed by atoms with van der Waals surface area (Å²) in [4.78, 5) is 21.6. The maximum Gasteiger partial charge on any atom is 0.308 e. The Morgan fingerprint density at radius 3 is 3.05 bits per heavy atom. The lowest BCUT2D eigenvalue weighted by Gasteiger charge is -2.18. The van der Waals surface area contributed by atoms with Gasteiger partial charge in [0, 0.05) is 19.3 Å². The molecule has 20 heavy (non-hydrogen) atoms. The van der Waals surface area contributed by atoms with Gasteiger partial charge in [-0.3, -0.25) is 4.79 Å². The first kappa shape index (κ1) is 12.6. The van der Waals surface area contributed by atoms with Crippen LogP contribution in [0.4, 0.5) is 5.82 Å². The van der Waals surface area contributed by atoms with Crippen molar-refractivity contribution >= 4 is 11.8 Å². The summed E-state index contributed by atoms with van der Waals surface area (Å²) < 4.78 is 5.18. The normalized spacial score (nSPS) is 18.4. The van der Waals surface area contributed by atoms with Gasteiger partial charge < -0.3 is 14.5 Å². The second-order valence-electron chi connectivity index (χ2n) is 4.79. The van der Waals surface area contributed by atoms with E-state index in [2.05, 4.69) is 15.1 Å². The van der Waals surface area contributed by atoms with Gasteiger partial charge in [-0.25, -0.2) is 4.98 Å². The van der Waals surface area contributed by atoms with E-state index >= 15 is 0 Å². The summed E-state index contributed by atoms with van der Waals surface area (Å²) in [6, 6.07) is 3.65. The number of carboxylic acids is 1. The summed E-state index contributed by atoms with van der Waals surface area (Å²) in [5.74, 6) is 0.539. The molecule has 1 fully saturated rings. The number of carboxylic acid groups (broad SMARTS) is 1. The molecule has 7 nitrogen and oxygen atoms in total. The van der Waals surface area contributed by atoms with Crippen LogP contribution in [0.1, 0.15) is 12.2 Å². The molecule has 1 aliphatic heterocycles. The Hall–Kier alpha value is -2.44. The molecular formula is C13H14N4O3. The van der Waals surface area contributed by atoms with Crippen LogP contribution in [-0.4, -0.2) is 39.3 Å². The third-order valence-corrected chi connectivity index (χ3v) is 3.38. The lowest BCUT2D eigenvalue weighted by Crippen LogP contribution is -2.24. The van der Waals surface area contributed by atoms with Crippen LogP contribution in [0.25, 0.3) is 11.5 Å². The van der Waals surface area contributed by atoms with E-state index in [0.717, 1.165) is 5.56 Å². The van der Waals surface area contributed by atoms with Crippen LogP contribution >= 0.6 is 0 Å². The second kappa shape index (κ2) is 4.92. The fraction of sp³-hybridized carbons (Fsp3) is 0.385. The van der Waals surface area contributed by atoms with Gasteiger partial charge in [-0.15, -0.1) is 0 Å². The monoisotopic (exact) mass is 274 g/mol. The molecule has 2 aromatic heterocycles. The summed E-state index contributed by atoms with van der Waals surface area (Å²) >= 11 is 0. The molecule has 0 saturated carbocycles. The topological polar surface area (TPSA) is 92.4 Å². The van der Waals surface area contributed by atoms with E-state index in [0.29, 0.717) is 37.0 Å². The average molecular weight is 274 g/mol. The van der Waals surface area contributed by atoms with Gasteiger partial charge in [0.15, 0.2) is 5.82 Å². The molecule has 1 aliphatic rings. The van der Waals surface area contributed by atoms with E-state index in [1.54, 1.807) is 19.2 Å². The summed E-state index contributed by atoms with van der Waals surface area (Å²) in [7, 11) is 0. The van der Waals surface area contributed by atoms with Gasteiger partial charge in [-0.2, -0.15) is 4.98 Å². The van der Waals surface area contributed by atoms with E-state index in [9.17, 15) is 4.79 Å². The van der Waals surface area contributed by atoms with E-state index in [1.807, 2.05) is 11.0 Å². The molecule has 7 heteroatoms. The van der Waals surface area contributed by atoms with Crippen molar-refractivity contribution in [3.05, 3.63) is 24.2 Å². The van der Waals surface area contributed by atoms with Crippen molar-refractivity contribution in [3.63, 3.8) is 0 Å². The Morgan fingerprint density at radius 1 is 1.55 bits per heavy atom. The molecule has 0 radical (unpaired) electrons.